The first kappa shape index (κ1) is 12.8. The molecule has 0 aliphatic carbocycles. The van der Waals surface area contributed by atoms with Crippen molar-refractivity contribution in [2.75, 3.05) is 0 Å². The number of hydrogen-bond donors (Lipinski definition) is 0. The molecule has 0 fully saturated rings. The number of rotatable bonds is 1. The molecular weight excluding hydrogens is 323 g/mol. The zero-order valence-electron chi connectivity index (χ0n) is 12.0. The maximum atomic E-state index is 4.49. The van der Waals surface area contributed by atoms with Gasteiger partial charge >= 0.3 is 129 Å². The van der Waals surface area contributed by atoms with E-state index in [0.717, 1.165) is 5.52 Å². The third-order valence-electron chi connectivity index (χ3n) is 4.01. The van der Waals surface area contributed by atoms with Crippen LogP contribution in [0, 0.1) is 6.92 Å². The van der Waals surface area contributed by atoms with Gasteiger partial charge in [0, 0.05) is 0 Å². The van der Waals surface area contributed by atoms with Crippen molar-refractivity contribution in [3.8, 4) is 11.3 Å². The molecule has 0 unspecified atom stereocenters. The monoisotopic (exact) mass is 339 g/mol. The fraction of sp³-hybridized carbons (Fsp3) is 0.111. The van der Waals surface area contributed by atoms with Crippen molar-refractivity contribution in [3.05, 3.63) is 59.3 Å². The number of pyridine rings is 1. The summed E-state index contributed by atoms with van der Waals surface area (Å²) >= 11 is 0.359. The van der Waals surface area contributed by atoms with Gasteiger partial charge in [-0.05, 0) is 0 Å². The Kier molecular flexibility index (Phi) is 2.91. The molecule has 102 valence electrons. The molecule has 0 atom stereocenters. The number of fused-ring (bicyclic) bond motifs is 3. The molecule has 0 radical (unpaired) electrons. The Hall–Kier alpha value is -1.96. The average molecular weight is 338 g/mol. The summed E-state index contributed by atoms with van der Waals surface area (Å²) in [6, 6.07) is 15.2. The van der Waals surface area contributed by atoms with E-state index in [1.807, 2.05) is 0 Å². The number of nitrogens with zero attached hydrogens (tertiary/aromatic N) is 2. The Morgan fingerprint density at radius 3 is 2.71 bits per heavy atom. The predicted octanol–water partition coefficient (Wildman–Crippen LogP) is 3.24. The van der Waals surface area contributed by atoms with Crippen LogP contribution >= 0.6 is 0 Å². The van der Waals surface area contributed by atoms with Gasteiger partial charge in [0.1, 0.15) is 0 Å². The molecule has 0 bridgehead atoms. The molecule has 2 aromatic carbocycles. The molecule has 0 N–H and O–H groups in total. The predicted molar refractivity (Wildman–Crippen MR) is 87.5 cm³/mol. The standard InChI is InChI=1S/C18H15N2Se/c1-12-5-3-4-6-13(12)17-14-7-8-16-18(21-11-19-16)15(14)9-10-20(17)2/h3-11H,1-2H3/q+1. The second kappa shape index (κ2) is 4.80. The van der Waals surface area contributed by atoms with Gasteiger partial charge in [-0.15, -0.1) is 0 Å². The Bertz CT molecular complexity index is 969. The van der Waals surface area contributed by atoms with Crippen molar-refractivity contribution in [1.82, 2.24) is 4.98 Å². The van der Waals surface area contributed by atoms with E-state index < -0.39 is 0 Å². The molecule has 0 aliphatic rings. The SMILES string of the molecule is Cc1ccccc1-c1c2ccc3nc[se]c3c2cc[n+]1C. The van der Waals surface area contributed by atoms with Gasteiger partial charge in [-0.3, -0.25) is 0 Å². The van der Waals surface area contributed by atoms with Crippen LogP contribution in [0.4, 0.5) is 0 Å². The number of aryl methyl sites for hydroxylation is 2. The molecule has 21 heavy (non-hydrogen) atoms. The summed E-state index contributed by atoms with van der Waals surface area (Å²) in [6.45, 7) is 2.18. The molecule has 0 amide bonds. The van der Waals surface area contributed by atoms with Crippen LogP contribution in [0.5, 0.6) is 0 Å². The van der Waals surface area contributed by atoms with Gasteiger partial charge in [-0.1, -0.05) is 0 Å². The Labute approximate surface area is 129 Å². The van der Waals surface area contributed by atoms with Crippen LogP contribution < -0.4 is 4.57 Å². The number of benzene rings is 2. The topological polar surface area (TPSA) is 16.8 Å². The second-order valence-corrected chi connectivity index (χ2v) is 7.11. The van der Waals surface area contributed by atoms with E-state index in [9.17, 15) is 0 Å². The average Bonchev–Trinajstić information content (AvgIpc) is 2.97. The van der Waals surface area contributed by atoms with Gasteiger partial charge in [-0.25, -0.2) is 0 Å². The van der Waals surface area contributed by atoms with Crippen molar-refractivity contribution >= 4 is 35.1 Å². The van der Waals surface area contributed by atoms with E-state index in [2.05, 4.69) is 77.3 Å². The summed E-state index contributed by atoms with van der Waals surface area (Å²) in [6.07, 6.45) is 2.17. The fourth-order valence-electron chi connectivity index (χ4n) is 2.95. The van der Waals surface area contributed by atoms with Crippen LogP contribution in [-0.2, 0) is 7.05 Å². The fourth-order valence-corrected chi connectivity index (χ4v) is 4.66. The molecule has 2 nitrogen and oxygen atoms in total. The van der Waals surface area contributed by atoms with E-state index in [-0.39, 0.29) is 0 Å². The van der Waals surface area contributed by atoms with E-state index in [4.69, 9.17) is 0 Å². The Morgan fingerprint density at radius 2 is 1.86 bits per heavy atom. The first-order valence-corrected chi connectivity index (χ1v) is 8.81. The first-order valence-electron chi connectivity index (χ1n) is 6.96. The quantitative estimate of drug-likeness (QED) is 0.385. The second-order valence-electron chi connectivity index (χ2n) is 5.32. The summed E-state index contributed by atoms with van der Waals surface area (Å²) in [5, 5.41) is 4.74. The summed E-state index contributed by atoms with van der Waals surface area (Å²) in [4.78, 5) is 4.49. The molecule has 0 spiro atoms. The van der Waals surface area contributed by atoms with E-state index in [1.54, 1.807) is 0 Å². The van der Waals surface area contributed by atoms with Gasteiger partial charge in [0.25, 0.3) is 0 Å². The van der Waals surface area contributed by atoms with E-state index in [0.29, 0.717) is 14.5 Å². The summed E-state index contributed by atoms with van der Waals surface area (Å²) < 4.78 is 3.63. The molecular formula is C18H15N2Se+. The first-order chi connectivity index (χ1) is 10.3. The molecule has 0 aliphatic heterocycles. The Balaban J connectivity index is 2.17. The van der Waals surface area contributed by atoms with Crippen molar-refractivity contribution in [3.63, 3.8) is 0 Å². The van der Waals surface area contributed by atoms with Crippen molar-refractivity contribution in [2.24, 2.45) is 7.05 Å². The van der Waals surface area contributed by atoms with E-state index in [1.165, 1.54) is 31.9 Å². The minimum atomic E-state index is 0.359. The zero-order valence-corrected chi connectivity index (χ0v) is 13.7. The third-order valence-corrected chi connectivity index (χ3v) is 5.85. The van der Waals surface area contributed by atoms with Crippen molar-refractivity contribution in [2.45, 2.75) is 6.92 Å². The minimum absolute atomic E-state index is 0.359. The molecule has 4 rings (SSSR count). The van der Waals surface area contributed by atoms with E-state index >= 15 is 0 Å². The van der Waals surface area contributed by atoms with Crippen LogP contribution in [0.2, 0.25) is 0 Å². The van der Waals surface area contributed by atoms with Gasteiger partial charge < -0.3 is 0 Å². The maximum absolute atomic E-state index is 4.49. The zero-order chi connectivity index (χ0) is 14.4. The summed E-state index contributed by atoms with van der Waals surface area (Å²) in [7, 11) is 2.12. The molecule has 0 saturated carbocycles. The van der Waals surface area contributed by atoms with Crippen molar-refractivity contribution in [1.29, 1.82) is 0 Å². The third kappa shape index (κ3) is 1.93. The van der Waals surface area contributed by atoms with Crippen LogP contribution in [-0.4, -0.2) is 19.5 Å². The molecule has 2 aromatic heterocycles. The van der Waals surface area contributed by atoms with Crippen LogP contribution in [0.25, 0.3) is 31.8 Å². The number of hydrogen-bond acceptors (Lipinski definition) is 1. The Morgan fingerprint density at radius 1 is 1.00 bits per heavy atom. The van der Waals surface area contributed by atoms with Crippen LogP contribution in [0.3, 0.4) is 0 Å². The van der Waals surface area contributed by atoms with Crippen LogP contribution in [0.15, 0.2) is 53.7 Å². The van der Waals surface area contributed by atoms with Gasteiger partial charge in [0.2, 0.25) is 0 Å². The van der Waals surface area contributed by atoms with Crippen molar-refractivity contribution < 1.29 is 4.57 Å². The summed E-state index contributed by atoms with van der Waals surface area (Å²) in [5.74, 6) is 0. The molecule has 2 heterocycles. The van der Waals surface area contributed by atoms with Crippen LogP contribution in [0.1, 0.15) is 5.56 Å². The van der Waals surface area contributed by atoms with Gasteiger partial charge in [-0.2, -0.15) is 0 Å². The normalized spacial score (nSPS) is 11.3. The summed E-state index contributed by atoms with van der Waals surface area (Å²) in [5.41, 5.74) is 5.04. The molecule has 0 saturated heterocycles. The van der Waals surface area contributed by atoms with Gasteiger partial charge in [0.05, 0.1) is 0 Å². The molecule has 4 aromatic rings. The molecule has 3 heteroatoms. The number of aromatic nitrogens is 2. The van der Waals surface area contributed by atoms with Gasteiger partial charge in [0.15, 0.2) is 0 Å².